The van der Waals surface area contributed by atoms with E-state index in [0.29, 0.717) is 5.82 Å². The minimum Gasteiger partial charge on any atom is -0.338 e. The van der Waals surface area contributed by atoms with E-state index in [0.717, 1.165) is 31.1 Å². The van der Waals surface area contributed by atoms with E-state index in [4.69, 9.17) is 4.52 Å². The smallest absolute Gasteiger partial charge is 0.243 e. The average Bonchev–Trinajstić information content (AvgIpc) is 3.02. The molecule has 5 nitrogen and oxygen atoms in total. The van der Waals surface area contributed by atoms with E-state index in [1.165, 1.54) is 12.8 Å². The summed E-state index contributed by atoms with van der Waals surface area (Å²) in [5, 5.41) is 6.00. The van der Waals surface area contributed by atoms with Crippen LogP contribution in [0.2, 0.25) is 0 Å². The summed E-state index contributed by atoms with van der Waals surface area (Å²) >= 11 is 1.64. The van der Waals surface area contributed by atoms with E-state index in [9.17, 15) is 0 Å². The van der Waals surface area contributed by atoms with Gasteiger partial charge in [-0.3, -0.25) is 4.90 Å². The van der Waals surface area contributed by atoms with Crippen molar-refractivity contribution in [2.24, 2.45) is 0 Å². The van der Waals surface area contributed by atoms with E-state index < -0.39 is 0 Å². The van der Waals surface area contributed by atoms with Gasteiger partial charge in [-0.1, -0.05) is 11.6 Å². The molecule has 0 saturated carbocycles. The molecule has 3 heterocycles. The van der Waals surface area contributed by atoms with Crippen LogP contribution in [-0.4, -0.2) is 26.6 Å². The highest BCUT2D eigenvalue weighted by molar-refractivity contribution is 7.07. The molecule has 18 heavy (non-hydrogen) atoms. The lowest BCUT2D eigenvalue weighted by molar-refractivity contribution is 0.110. The molecule has 96 valence electrons. The molecule has 0 amide bonds. The van der Waals surface area contributed by atoms with Crippen LogP contribution in [0.4, 0.5) is 0 Å². The summed E-state index contributed by atoms with van der Waals surface area (Å²) in [7, 11) is 0. The maximum atomic E-state index is 5.33. The van der Waals surface area contributed by atoms with Crippen molar-refractivity contribution >= 4 is 11.3 Å². The Kier molecular flexibility index (Phi) is 3.38. The first-order valence-electron chi connectivity index (χ1n) is 6.24. The van der Waals surface area contributed by atoms with Gasteiger partial charge in [0.15, 0.2) is 5.82 Å². The number of rotatable bonds is 3. The molecule has 6 heteroatoms. The molecular weight excluding hydrogens is 248 g/mol. The molecule has 0 unspecified atom stereocenters. The fourth-order valence-electron chi connectivity index (χ4n) is 2.43. The molecule has 0 radical (unpaired) electrons. The number of hydrogen-bond donors (Lipinski definition) is 0. The summed E-state index contributed by atoms with van der Waals surface area (Å²) in [5.41, 5.74) is 3.01. The van der Waals surface area contributed by atoms with E-state index in [-0.39, 0.29) is 6.04 Å². The highest BCUT2D eigenvalue weighted by atomic mass is 32.1. The van der Waals surface area contributed by atoms with Crippen molar-refractivity contribution in [1.82, 2.24) is 20.0 Å². The van der Waals surface area contributed by atoms with Crippen molar-refractivity contribution in [1.29, 1.82) is 0 Å². The van der Waals surface area contributed by atoms with Crippen LogP contribution in [0.5, 0.6) is 0 Å². The Labute approximate surface area is 110 Å². The first-order chi connectivity index (χ1) is 8.83. The van der Waals surface area contributed by atoms with Crippen LogP contribution >= 0.6 is 11.3 Å². The van der Waals surface area contributed by atoms with Crippen LogP contribution in [0.3, 0.4) is 0 Å². The predicted molar refractivity (Wildman–Crippen MR) is 68.2 cm³/mol. The predicted octanol–water partition coefficient (Wildman–Crippen LogP) is 2.56. The zero-order chi connectivity index (χ0) is 12.4. The van der Waals surface area contributed by atoms with Gasteiger partial charge in [0.2, 0.25) is 5.89 Å². The monoisotopic (exact) mass is 264 g/mol. The van der Waals surface area contributed by atoms with Gasteiger partial charge in [0.25, 0.3) is 0 Å². The maximum Gasteiger partial charge on any atom is 0.243 e. The zero-order valence-electron chi connectivity index (χ0n) is 10.4. The molecule has 1 aliphatic heterocycles. The molecule has 1 atom stereocenters. The molecule has 2 aromatic heterocycles. The van der Waals surface area contributed by atoms with Crippen molar-refractivity contribution < 1.29 is 4.52 Å². The molecule has 0 aliphatic carbocycles. The Hall–Kier alpha value is -1.27. The molecule has 0 bridgehead atoms. The van der Waals surface area contributed by atoms with Crippen molar-refractivity contribution in [3.05, 3.63) is 28.3 Å². The Morgan fingerprint density at radius 2 is 2.44 bits per heavy atom. The number of thiazole rings is 1. The minimum atomic E-state index is 0.252. The summed E-state index contributed by atoms with van der Waals surface area (Å²) < 4.78 is 5.33. The second kappa shape index (κ2) is 5.16. The number of aryl methyl sites for hydroxylation is 1. The third kappa shape index (κ3) is 2.44. The third-order valence-electron chi connectivity index (χ3n) is 3.29. The van der Waals surface area contributed by atoms with Gasteiger partial charge < -0.3 is 4.52 Å². The average molecular weight is 264 g/mol. The van der Waals surface area contributed by atoms with Gasteiger partial charge in [-0.2, -0.15) is 4.98 Å². The first-order valence-corrected chi connectivity index (χ1v) is 7.18. The fourth-order valence-corrected chi connectivity index (χ4v) is 2.98. The van der Waals surface area contributed by atoms with E-state index >= 15 is 0 Å². The molecule has 3 rings (SSSR count). The van der Waals surface area contributed by atoms with Gasteiger partial charge in [0.05, 0.1) is 17.2 Å². The van der Waals surface area contributed by atoms with Crippen LogP contribution in [-0.2, 0) is 6.54 Å². The van der Waals surface area contributed by atoms with Gasteiger partial charge in [-0.15, -0.1) is 11.3 Å². The summed E-state index contributed by atoms with van der Waals surface area (Å²) in [6.07, 6.45) is 3.54. The third-order valence-corrected chi connectivity index (χ3v) is 3.93. The molecule has 1 saturated heterocycles. The molecule has 0 N–H and O–H groups in total. The standard InChI is InChI=1S/C12H16N4OS/c1-9-14-12(17-15-9)11-4-2-3-5-16(11)6-10-7-18-8-13-10/h7-8,11H,2-6H2,1H3/t11-/m0/s1. The number of likely N-dealkylation sites (tertiary alicyclic amines) is 1. The fraction of sp³-hybridized carbons (Fsp3) is 0.583. The topological polar surface area (TPSA) is 55.1 Å². The van der Waals surface area contributed by atoms with Gasteiger partial charge in [-0.05, 0) is 26.3 Å². The van der Waals surface area contributed by atoms with Gasteiger partial charge in [0.1, 0.15) is 0 Å². The van der Waals surface area contributed by atoms with Crippen LogP contribution in [0, 0.1) is 6.92 Å². The van der Waals surface area contributed by atoms with Crippen LogP contribution in [0.15, 0.2) is 15.4 Å². The molecular formula is C12H16N4OS. The van der Waals surface area contributed by atoms with E-state index in [2.05, 4.69) is 25.4 Å². The van der Waals surface area contributed by atoms with Crippen molar-refractivity contribution in [2.45, 2.75) is 38.8 Å². The Bertz CT molecular complexity index is 496. The Morgan fingerprint density at radius 3 is 3.17 bits per heavy atom. The molecule has 0 spiro atoms. The summed E-state index contributed by atoms with van der Waals surface area (Å²) in [6, 6.07) is 0.252. The number of piperidine rings is 1. The largest absolute Gasteiger partial charge is 0.338 e. The van der Waals surface area contributed by atoms with Crippen molar-refractivity contribution in [3.8, 4) is 0 Å². The van der Waals surface area contributed by atoms with Gasteiger partial charge in [0, 0.05) is 11.9 Å². The number of nitrogens with zero attached hydrogens (tertiary/aromatic N) is 4. The summed E-state index contributed by atoms with van der Waals surface area (Å²) in [4.78, 5) is 11.1. The minimum absolute atomic E-state index is 0.252. The molecule has 1 aliphatic rings. The second-order valence-electron chi connectivity index (χ2n) is 4.64. The van der Waals surface area contributed by atoms with Crippen LogP contribution in [0.1, 0.15) is 42.7 Å². The number of hydrogen-bond acceptors (Lipinski definition) is 6. The highest BCUT2D eigenvalue weighted by Gasteiger charge is 2.28. The highest BCUT2D eigenvalue weighted by Crippen LogP contribution is 2.30. The zero-order valence-corrected chi connectivity index (χ0v) is 11.2. The van der Waals surface area contributed by atoms with Crippen LogP contribution < -0.4 is 0 Å². The maximum absolute atomic E-state index is 5.33. The van der Waals surface area contributed by atoms with Gasteiger partial charge in [-0.25, -0.2) is 4.98 Å². The van der Waals surface area contributed by atoms with Gasteiger partial charge >= 0.3 is 0 Å². The SMILES string of the molecule is Cc1noc([C@@H]2CCCCN2Cc2cscn2)n1. The van der Waals surface area contributed by atoms with Crippen molar-refractivity contribution in [2.75, 3.05) is 6.54 Å². The number of aromatic nitrogens is 3. The lowest BCUT2D eigenvalue weighted by Crippen LogP contribution is -2.33. The second-order valence-corrected chi connectivity index (χ2v) is 5.36. The lowest BCUT2D eigenvalue weighted by Gasteiger charge is -2.32. The quantitative estimate of drug-likeness (QED) is 0.852. The summed E-state index contributed by atoms with van der Waals surface area (Å²) in [5.74, 6) is 1.46. The van der Waals surface area contributed by atoms with Crippen LogP contribution in [0.25, 0.3) is 0 Å². The molecule has 1 fully saturated rings. The summed E-state index contributed by atoms with van der Waals surface area (Å²) in [6.45, 7) is 3.81. The molecule has 2 aromatic rings. The van der Waals surface area contributed by atoms with E-state index in [1.54, 1.807) is 11.3 Å². The molecule has 0 aromatic carbocycles. The Morgan fingerprint density at radius 1 is 1.50 bits per heavy atom. The lowest BCUT2D eigenvalue weighted by atomic mass is 10.0. The first kappa shape index (κ1) is 11.8. The van der Waals surface area contributed by atoms with E-state index in [1.807, 2.05) is 12.4 Å². The van der Waals surface area contributed by atoms with Crippen molar-refractivity contribution in [3.63, 3.8) is 0 Å². The Balaban J connectivity index is 1.77. The normalized spacial score (nSPS) is 21.3.